The Morgan fingerprint density at radius 3 is 2.95 bits per heavy atom. The zero-order valence-electron chi connectivity index (χ0n) is 12.0. The van der Waals surface area contributed by atoms with E-state index < -0.39 is 0 Å². The Balaban J connectivity index is 2.15. The first-order valence-electron chi connectivity index (χ1n) is 7.06. The largest absolute Gasteiger partial charge is 0.465 e. The molecule has 108 valence electrons. The van der Waals surface area contributed by atoms with Crippen LogP contribution in [0.15, 0.2) is 30.6 Å². The van der Waals surface area contributed by atoms with Crippen LogP contribution in [0, 0.1) is 0 Å². The van der Waals surface area contributed by atoms with E-state index in [9.17, 15) is 4.79 Å². The van der Waals surface area contributed by atoms with Gasteiger partial charge < -0.3 is 14.6 Å². The first-order valence-corrected chi connectivity index (χ1v) is 7.06. The van der Waals surface area contributed by atoms with E-state index in [0.29, 0.717) is 13.2 Å². The number of esters is 1. The SMILES string of the molecule is CCCNC(Cn1cnc2ccccc21)C(=O)OCC. The maximum atomic E-state index is 12.0. The van der Waals surface area contributed by atoms with Gasteiger partial charge in [0.2, 0.25) is 0 Å². The summed E-state index contributed by atoms with van der Waals surface area (Å²) < 4.78 is 7.11. The van der Waals surface area contributed by atoms with Crippen LogP contribution in [0.5, 0.6) is 0 Å². The molecule has 0 bridgehead atoms. The van der Waals surface area contributed by atoms with E-state index >= 15 is 0 Å². The zero-order chi connectivity index (χ0) is 14.4. The van der Waals surface area contributed by atoms with E-state index in [0.717, 1.165) is 24.0 Å². The van der Waals surface area contributed by atoms with Crippen molar-refractivity contribution in [2.24, 2.45) is 0 Å². The van der Waals surface area contributed by atoms with Crippen LogP contribution in [-0.4, -0.2) is 34.7 Å². The number of nitrogens with one attached hydrogen (secondary N) is 1. The highest BCUT2D eigenvalue weighted by Gasteiger charge is 2.20. The van der Waals surface area contributed by atoms with E-state index in [2.05, 4.69) is 17.2 Å². The molecule has 5 heteroatoms. The predicted octanol–water partition coefficient (Wildman–Crippen LogP) is 1.97. The Morgan fingerprint density at radius 2 is 2.20 bits per heavy atom. The van der Waals surface area contributed by atoms with Crippen LogP contribution in [-0.2, 0) is 16.1 Å². The van der Waals surface area contributed by atoms with E-state index in [4.69, 9.17) is 4.74 Å². The number of imidazole rings is 1. The number of aromatic nitrogens is 2. The van der Waals surface area contributed by atoms with Gasteiger partial charge in [-0.05, 0) is 32.0 Å². The van der Waals surface area contributed by atoms with Crippen LogP contribution in [0.4, 0.5) is 0 Å². The van der Waals surface area contributed by atoms with Gasteiger partial charge in [-0.25, -0.2) is 4.98 Å². The molecule has 0 amide bonds. The minimum absolute atomic E-state index is 0.210. The Hall–Kier alpha value is -1.88. The molecule has 1 heterocycles. The second-order valence-corrected chi connectivity index (χ2v) is 4.64. The number of carbonyl (C=O) groups is 1. The predicted molar refractivity (Wildman–Crippen MR) is 78.4 cm³/mol. The van der Waals surface area contributed by atoms with Crippen LogP contribution in [0.2, 0.25) is 0 Å². The summed E-state index contributed by atoms with van der Waals surface area (Å²) in [6, 6.07) is 7.55. The van der Waals surface area contributed by atoms with Gasteiger partial charge in [0.15, 0.2) is 0 Å². The maximum Gasteiger partial charge on any atom is 0.324 e. The molecule has 1 aromatic carbocycles. The van der Waals surface area contributed by atoms with Crippen LogP contribution in [0.25, 0.3) is 11.0 Å². The topological polar surface area (TPSA) is 56.2 Å². The molecule has 1 unspecified atom stereocenters. The number of benzene rings is 1. The number of hydrogen-bond donors (Lipinski definition) is 1. The van der Waals surface area contributed by atoms with Gasteiger partial charge in [-0.3, -0.25) is 4.79 Å². The Kier molecular flexibility index (Phi) is 5.12. The summed E-state index contributed by atoms with van der Waals surface area (Å²) in [6.45, 7) is 5.60. The number of nitrogens with zero attached hydrogens (tertiary/aromatic N) is 2. The van der Waals surface area contributed by atoms with E-state index in [1.165, 1.54) is 0 Å². The number of carbonyl (C=O) groups excluding carboxylic acids is 1. The van der Waals surface area contributed by atoms with Crippen molar-refractivity contribution in [3.05, 3.63) is 30.6 Å². The summed E-state index contributed by atoms with van der Waals surface area (Å²) in [5.41, 5.74) is 1.96. The number of fused-ring (bicyclic) bond motifs is 1. The smallest absolute Gasteiger partial charge is 0.324 e. The number of para-hydroxylation sites is 2. The van der Waals surface area contributed by atoms with Crippen LogP contribution in [0.1, 0.15) is 20.3 Å². The lowest BCUT2D eigenvalue weighted by atomic mass is 10.2. The molecule has 0 aliphatic rings. The summed E-state index contributed by atoms with van der Waals surface area (Å²) in [4.78, 5) is 16.3. The average molecular weight is 275 g/mol. The fraction of sp³-hybridized carbons (Fsp3) is 0.467. The van der Waals surface area contributed by atoms with Crippen molar-refractivity contribution >= 4 is 17.0 Å². The van der Waals surface area contributed by atoms with Gasteiger partial charge >= 0.3 is 5.97 Å². The van der Waals surface area contributed by atoms with E-state index in [1.807, 2.05) is 35.8 Å². The molecule has 0 fully saturated rings. The molecule has 1 aromatic heterocycles. The van der Waals surface area contributed by atoms with Gasteiger partial charge in [0.05, 0.1) is 30.5 Å². The monoisotopic (exact) mass is 275 g/mol. The first kappa shape index (κ1) is 14.5. The molecule has 2 rings (SSSR count). The molecule has 20 heavy (non-hydrogen) atoms. The van der Waals surface area contributed by atoms with Gasteiger partial charge in [0.25, 0.3) is 0 Å². The van der Waals surface area contributed by atoms with Gasteiger partial charge in [0.1, 0.15) is 6.04 Å². The normalized spacial score (nSPS) is 12.5. The second-order valence-electron chi connectivity index (χ2n) is 4.64. The summed E-state index contributed by atoms with van der Waals surface area (Å²) in [7, 11) is 0. The van der Waals surface area contributed by atoms with Gasteiger partial charge in [-0.15, -0.1) is 0 Å². The Labute approximate surface area is 118 Å². The molecule has 2 aromatic rings. The third kappa shape index (κ3) is 3.36. The van der Waals surface area contributed by atoms with Gasteiger partial charge in [0, 0.05) is 0 Å². The molecule has 0 saturated carbocycles. The van der Waals surface area contributed by atoms with Crippen molar-refractivity contribution in [3.63, 3.8) is 0 Å². The third-order valence-electron chi connectivity index (χ3n) is 3.12. The average Bonchev–Trinajstić information content (AvgIpc) is 2.87. The third-order valence-corrected chi connectivity index (χ3v) is 3.12. The molecule has 5 nitrogen and oxygen atoms in total. The lowest BCUT2D eigenvalue weighted by molar-refractivity contribution is -0.146. The molecule has 0 aliphatic carbocycles. The minimum atomic E-state index is -0.340. The second kappa shape index (κ2) is 7.05. The van der Waals surface area contributed by atoms with Crippen molar-refractivity contribution < 1.29 is 9.53 Å². The first-order chi connectivity index (χ1) is 9.76. The van der Waals surface area contributed by atoms with Crippen molar-refractivity contribution in [3.8, 4) is 0 Å². The summed E-state index contributed by atoms with van der Waals surface area (Å²) in [6.07, 6.45) is 2.74. The summed E-state index contributed by atoms with van der Waals surface area (Å²) in [5, 5.41) is 3.23. The lowest BCUT2D eigenvalue weighted by Crippen LogP contribution is -2.41. The highest BCUT2D eigenvalue weighted by atomic mass is 16.5. The van der Waals surface area contributed by atoms with Crippen LogP contribution < -0.4 is 5.32 Å². The summed E-state index contributed by atoms with van der Waals surface area (Å²) >= 11 is 0. The van der Waals surface area contributed by atoms with Gasteiger partial charge in [-0.2, -0.15) is 0 Å². The minimum Gasteiger partial charge on any atom is -0.465 e. The van der Waals surface area contributed by atoms with Crippen molar-refractivity contribution in [2.45, 2.75) is 32.9 Å². The molecule has 0 saturated heterocycles. The number of hydrogen-bond acceptors (Lipinski definition) is 4. The molecule has 1 N–H and O–H groups in total. The highest BCUT2D eigenvalue weighted by Crippen LogP contribution is 2.12. The zero-order valence-corrected chi connectivity index (χ0v) is 12.0. The highest BCUT2D eigenvalue weighted by molar-refractivity contribution is 5.77. The molecule has 0 radical (unpaired) electrons. The molecule has 1 atom stereocenters. The van der Waals surface area contributed by atoms with Gasteiger partial charge in [-0.1, -0.05) is 19.1 Å². The van der Waals surface area contributed by atoms with Crippen LogP contribution in [0.3, 0.4) is 0 Å². The fourth-order valence-corrected chi connectivity index (χ4v) is 2.14. The molecular weight excluding hydrogens is 254 g/mol. The van der Waals surface area contributed by atoms with E-state index in [-0.39, 0.29) is 12.0 Å². The van der Waals surface area contributed by atoms with Crippen molar-refractivity contribution in [1.29, 1.82) is 0 Å². The molecule has 0 aliphatic heterocycles. The molecule has 0 spiro atoms. The maximum absolute atomic E-state index is 12.0. The Bertz CT molecular complexity index is 565. The van der Waals surface area contributed by atoms with Crippen LogP contribution >= 0.6 is 0 Å². The number of rotatable bonds is 7. The summed E-state index contributed by atoms with van der Waals surface area (Å²) in [5.74, 6) is -0.210. The van der Waals surface area contributed by atoms with E-state index in [1.54, 1.807) is 6.33 Å². The lowest BCUT2D eigenvalue weighted by Gasteiger charge is -2.17. The quantitative estimate of drug-likeness (QED) is 0.785. The Morgan fingerprint density at radius 1 is 1.40 bits per heavy atom. The molecular formula is C15H21N3O2. The number of ether oxygens (including phenoxy) is 1. The van der Waals surface area contributed by atoms with Crippen molar-refractivity contribution in [1.82, 2.24) is 14.9 Å². The fourth-order valence-electron chi connectivity index (χ4n) is 2.14. The standard InChI is InChI=1S/C15H21N3O2/c1-3-9-16-13(15(19)20-4-2)10-18-11-17-12-7-5-6-8-14(12)18/h5-8,11,13,16H,3-4,9-10H2,1-2H3. The van der Waals surface area contributed by atoms with Crippen molar-refractivity contribution in [2.75, 3.05) is 13.2 Å².